The van der Waals surface area contributed by atoms with Gasteiger partial charge in [0.15, 0.2) is 0 Å². The molecule has 1 saturated heterocycles. The number of piperazine rings is 1. The van der Waals surface area contributed by atoms with Crippen LogP contribution in [-0.2, 0) is 0 Å². The van der Waals surface area contributed by atoms with E-state index in [0.29, 0.717) is 40.8 Å². The van der Waals surface area contributed by atoms with Crippen LogP contribution in [0, 0.1) is 13.8 Å². The molecule has 0 radical (unpaired) electrons. The fraction of sp³-hybridized carbons (Fsp3) is 0.367. The smallest absolute Gasteiger partial charge is 0.200 e. The maximum absolute atomic E-state index is 12.9. The molecule has 9 heteroatoms. The van der Waals surface area contributed by atoms with Crippen molar-refractivity contribution < 1.29 is 19.0 Å². The van der Waals surface area contributed by atoms with Crippen LogP contribution >= 0.6 is 24.8 Å². The fourth-order valence-electron chi connectivity index (χ4n) is 4.91. The summed E-state index contributed by atoms with van der Waals surface area (Å²) in [6.07, 6.45) is -0.623. The van der Waals surface area contributed by atoms with Gasteiger partial charge in [0.25, 0.3) is 0 Å². The molecule has 1 aromatic heterocycles. The standard InChI is InChI=1S/C30H34N2O5.2ClH/c1-21-6-5-7-22(2)30(21)35-17-16-31-12-14-32(15-13-31)19-23(33)20-36-24-10-11-28-26(18-24)29(34)25-8-3-4-9-27(25)37-28;;/h3-11,18,23,33H,12-17,19-20H2,1-2H3;2*1H. The van der Waals surface area contributed by atoms with Gasteiger partial charge in [-0.15, -0.1) is 24.8 Å². The third-order valence-corrected chi connectivity index (χ3v) is 6.99. The average Bonchev–Trinajstić information content (AvgIpc) is 2.90. The van der Waals surface area contributed by atoms with Crippen LogP contribution in [0.15, 0.2) is 69.9 Å². The number of aryl methyl sites for hydroxylation is 2. The summed E-state index contributed by atoms with van der Waals surface area (Å²) in [6.45, 7) is 10.1. The van der Waals surface area contributed by atoms with E-state index >= 15 is 0 Å². The minimum Gasteiger partial charge on any atom is -0.492 e. The van der Waals surface area contributed by atoms with E-state index in [1.165, 1.54) is 11.1 Å². The number of hydrogen-bond acceptors (Lipinski definition) is 7. The maximum Gasteiger partial charge on any atom is 0.200 e. The van der Waals surface area contributed by atoms with E-state index in [1.54, 1.807) is 30.3 Å². The van der Waals surface area contributed by atoms with Gasteiger partial charge in [-0.2, -0.15) is 0 Å². The summed E-state index contributed by atoms with van der Waals surface area (Å²) in [5.41, 5.74) is 3.34. The molecule has 0 saturated carbocycles. The maximum atomic E-state index is 12.9. The summed E-state index contributed by atoms with van der Waals surface area (Å²) in [6, 6.07) is 18.6. The lowest BCUT2D eigenvalue weighted by atomic mass is 10.1. The predicted octanol–water partition coefficient (Wildman–Crippen LogP) is 4.84. The van der Waals surface area contributed by atoms with Crippen LogP contribution in [0.4, 0.5) is 0 Å². The third kappa shape index (κ3) is 7.44. The second-order valence-corrected chi connectivity index (χ2v) is 9.76. The molecule has 1 aliphatic heterocycles. The second kappa shape index (κ2) is 14.0. The van der Waals surface area contributed by atoms with E-state index in [-0.39, 0.29) is 36.8 Å². The van der Waals surface area contributed by atoms with E-state index in [2.05, 4.69) is 41.8 Å². The van der Waals surface area contributed by atoms with Crippen LogP contribution < -0.4 is 14.9 Å². The van der Waals surface area contributed by atoms with Crippen molar-refractivity contribution in [2.75, 3.05) is 52.5 Å². The van der Waals surface area contributed by atoms with Crippen molar-refractivity contribution in [3.05, 3.63) is 82.0 Å². The highest BCUT2D eigenvalue weighted by molar-refractivity contribution is 5.90. The van der Waals surface area contributed by atoms with Crippen LogP contribution in [0.25, 0.3) is 21.9 Å². The van der Waals surface area contributed by atoms with Gasteiger partial charge in [0, 0.05) is 39.3 Å². The number of aliphatic hydroxyl groups excluding tert-OH is 1. The van der Waals surface area contributed by atoms with Gasteiger partial charge in [-0.05, 0) is 55.3 Å². The minimum absolute atomic E-state index is 0. The van der Waals surface area contributed by atoms with Gasteiger partial charge in [-0.3, -0.25) is 14.6 Å². The van der Waals surface area contributed by atoms with Gasteiger partial charge in [0.1, 0.15) is 42.0 Å². The Labute approximate surface area is 241 Å². The van der Waals surface area contributed by atoms with Crippen LogP contribution in [0.2, 0.25) is 0 Å². The van der Waals surface area contributed by atoms with Gasteiger partial charge in [-0.1, -0.05) is 30.3 Å². The van der Waals surface area contributed by atoms with E-state index in [9.17, 15) is 9.90 Å². The van der Waals surface area contributed by atoms with Crippen molar-refractivity contribution in [2.45, 2.75) is 20.0 Å². The zero-order valence-electron chi connectivity index (χ0n) is 22.3. The number of aliphatic hydroxyl groups is 1. The van der Waals surface area contributed by atoms with Gasteiger partial charge in [0.05, 0.1) is 10.8 Å². The molecular formula is C30H36Cl2N2O5. The number of nitrogens with zero attached hydrogens (tertiary/aromatic N) is 2. The van der Waals surface area contributed by atoms with Crippen molar-refractivity contribution in [1.82, 2.24) is 9.80 Å². The van der Waals surface area contributed by atoms with Crippen LogP contribution in [0.5, 0.6) is 11.5 Å². The van der Waals surface area contributed by atoms with E-state index in [0.717, 1.165) is 38.5 Å². The number of hydrogen-bond donors (Lipinski definition) is 1. The Morgan fingerprint density at radius 1 is 0.846 bits per heavy atom. The van der Waals surface area contributed by atoms with Crippen molar-refractivity contribution in [3.8, 4) is 11.5 Å². The highest BCUT2D eigenvalue weighted by Gasteiger charge is 2.20. The Morgan fingerprint density at radius 3 is 2.26 bits per heavy atom. The largest absolute Gasteiger partial charge is 0.492 e. The molecule has 0 bridgehead atoms. The predicted molar refractivity (Wildman–Crippen MR) is 160 cm³/mol. The lowest BCUT2D eigenvalue weighted by molar-refractivity contribution is 0.0436. The monoisotopic (exact) mass is 574 g/mol. The van der Waals surface area contributed by atoms with Crippen LogP contribution in [0.3, 0.4) is 0 Å². The van der Waals surface area contributed by atoms with Gasteiger partial charge in [-0.25, -0.2) is 0 Å². The molecule has 2 heterocycles. The van der Waals surface area contributed by atoms with Gasteiger partial charge >= 0.3 is 0 Å². The van der Waals surface area contributed by atoms with Crippen LogP contribution in [-0.4, -0.2) is 73.5 Å². The Hall–Kier alpha value is -2.81. The number of para-hydroxylation sites is 2. The molecule has 210 valence electrons. The summed E-state index contributed by atoms with van der Waals surface area (Å²) in [5.74, 6) is 1.53. The number of benzene rings is 3. The SMILES string of the molecule is Cc1cccc(C)c1OCCN1CCN(CC(O)COc2ccc3oc4ccccc4c(=O)c3c2)CC1.Cl.Cl. The first-order chi connectivity index (χ1) is 18.0. The molecular weight excluding hydrogens is 539 g/mol. The molecule has 1 unspecified atom stereocenters. The summed E-state index contributed by atoms with van der Waals surface area (Å²) in [7, 11) is 0. The Balaban J connectivity index is 0.00000210. The number of rotatable bonds is 9. The molecule has 1 fully saturated rings. The Morgan fingerprint density at radius 2 is 1.51 bits per heavy atom. The number of fused-ring (bicyclic) bond motifs is 2. The topological polar surface area (TPSA) is 75.4 Å². The molecule has 5 rings (SSSR count). The van der Waals surface area contributed by atoms with E-state index in [1.807, 2.05) is 12.1 Å². The normalized spacial score (nSPS) is 14.9. The molecule has 1 atom stereocenters. The van der Waals surface area contributed by atoms with Crippen molar-refractivity contribution in [1.29, 1.82) is 0 Å². The van der Waals surface area contributed by atoms with Crippen molar-refractivity contribution in [2.24, 2.45) is 0 Å². The molecule has 1 N–H and O–H groups in total. The summed E-state index contributed by atoms with van der Waals surface area (Å²) >= 11 is 0. The van der Waals surface area contributed by atoms with Gasteiger partial charge < -0.3 is 19.0 Å². The lowest BCUT2D eigenvalue weighted by Crippen LogP contribution is -2.50. The minimum atomic E-state index is -0.623. The summed E-state index contributed by atoms with van der Waals surface area (Å²) in [4.78, 5) is 17.5. The van der Waals surface area contributed by atoms with E-state index in [4.69, 9.17) is 13.9 Å². The molecule has 0 amide bonds. The van der Waals surface area contributed by atoms with Crippen molar-refractivity contribution in [3.63, 3.8) is 0 Å². The third-order valence-electron chi connectivity index (χ3n) is 6.99. The summed E-state index contributed by atoms with van der Waals surface area (Å²) in [5, 5.41) is 11.6. The molecule has 7 nitrogen and oxygen atoms in total. The molecule has 3 aromatic carbocycles. The number of ether oxygens (including phenoxy) is 2. The van der Waals surface area contributed by atoms with E-state index < -0.39 is 6.10 Å². The first kappa shape index (κ1) is 30.7. The van der Waals surface area contributed by atoms with Crippen molar-refractivity contribution >= 4 is 46.8 Å². The quantitative estimate of drug-likeness (QED) is 0.286. The summed E-state index contributed by atoms with van der Waals surface area (Å²) < 4.78 is 17.7. The van der Waals surface area contributed by atoms with Gasteiger partial charge in [0.2, 0.25) is 5.43 Å². The Bertz CT molecular complexity index is 1420. The zero-order valence-corrected chi connectivity index (χ0v) is 23.9. The number of halogens is 2. The second-order valence-electron chi connectivity index (χ2n) is 9.76. The zero-order chi connectivity index (χ0) is 25.8. The molecule has 39 heavy (non-hydrogen) atoms. The first-order valence-corrected chi connectivity index (χ1v) is 12.9. The first-order valence-electron chi connectivity index (χ1n) is 12.9. The lowest BCUT2D eigenvalue weighted by Gasteiger charge is -2.35. The fourth-order valence-corrected chi connectivity index (χ4v) is 4.91. The molecule has 4 aromatic rings. The highest BCUT2D eigenvalue weighted by atomic mass is 35.5. The number of β-amino-alcohol motifs (C(OH)–C–C–N with tert-alkyl or cyclic N) is 1. The van der Waals surface area contributed by atoms with Crippen LogP contribution in [0.1, 0.15) is 11.1 Å². The average molecular weight is 576 g/mol. The highest BCUT2D eigenvalue weighted by Crippen LogP contribution is 2.23. The molecule has 0 aliphatic carbocycles. The molecule has 0 spiro atoms. The Kier molecular flexibility index (Phi) is 11.0. The molecule has 1 aliphatic rings.